The number of aliphatic carboxylic acids is 1. The zero-order valence-electron chi connectivity index (χ0n) is 9.07. The van der Waals surface area contributed by atoms with Crippen LogP contribution in [0.4, 0.5) is 4.79 Å². The smallest absolute Gasteiger partial charge is 0.408 e. The lowest BCUT2D eigenvalue weighted by Crippen LogP contribution is -2.43. The van der Waals surface area contributed by atoms with Crippen molar-refractivity contribution in [1.82, 2.24) is 14.9 Å². The van der Waals surface area contributed by atoms with E-state index < -0.39 is 18.1 Å². The first kappa shape index (κ1) is 12.8. The fourth-order valence-corrected chi connectivity index (χ4v) is 1.11. The van der Waals surface area contributed by atoms with E-state index >= 15 is 0 Å². The molecule has 0 bridgehead atoms. The Morgan fingerprint density at radius 3 is 2.94 bits per heavy atom. The third kappa shape index (κ3) is 4.37. The minimum atomic E-state index is -1.14. The molecule has 1 heterocycles. The Bertz CT molecular complexity index is 388. The van der Waals surface area contributed by atoms with Gasteiger partial charge in [-0.1, -0.05) is 12.7 Å². The van der Waals surface area contributed by atoms with Crippen molar-refractivity contribution in [2.24, 2.45) is 0 Å². The van der Waals surface area contributed by atoms with Gasteiger partial charge in [-0.25, -0.2) is 14.6 Å². The van der Waals surface area contributed by atoms with Gasteiger partial charge in [-0.15, -0.1) is 0 Å². The number of nitrogens with one attached hydrogen (secondary N) is 1. The van der Waals surface area contributed by atoms with Gasteiger partial charge >= 0.3 is 12.1 Å². The summed E-state index contributed by atoms with van der Waals surface area (Å²) in [4.78, 5) is 25.9. The number of amides is 1. The average molecular weight is 239 g/mol. The summed E-state index contributed by atoms with van der Waals surface area (Å²) in [6.07, 6.45) is 5.19. The van der Waals surface area contributed by atoms with E-state index in [1.165, 1.54) is 18.6 Å². The molecule has 92 valence electrons. The highest BCUT2D eigenvalue weighted by molar-refractivity contribution is 5.79. The highest BCUT2D eigenvalue weighted by Gasteiger charge is 2.20. The third-order valence-corrected chi connectivity index (χ3v) is 1.88. The van der Waals surface area contributed by atoms with E-state index in [9.17, 15) is 9.59 Å². The largest absolute Gasteiger partial charge is 0.480 e. The van der Waals surface area contributed by atoms with Crippen molar-refractivity contribution in [2.45, 2.75) is 12.6 Å². The van der Waals surface area contributed by atoms with Crippen LogP contribution in [0.2, 0.25) is 0 Å². The Kier molecular flexibility index (Phi) is 4.74. The number of rotatable bonds is 6. The maximum atomic E-state index is 11.2. The van der Waals surface area contributed by atoms with Crippen LogP contribution in [0.5, 0.6) is 0 Å². The van der Waals surface area contributed by atoms with E-state index in [1.54, 1.807) is 10.8 Å². The Labute approximate surface area is 97.7 Å². The fourth-order valence-electron chi connectivity index (χ4n) is 1.11. The van der Waals surface area contributed by atoms with Crippen LogP contribution < -0.4 is 5.32 Å². The number of carbonyl (C=O) groups excluding carboxylic acids is 1. The number of alkyl carbamates (subject to hydrolysis) is 1. The molecule has 2 N–H and O–H groups in total. The van der Waals surface area contributed by atoms with Crippen molar-refractivity contribution in [1.29, 1.82) is 0 Å². The number of aromatic nitrogens is 2. The van der Waals surface area contributed by atoms with E-state index in [1.807, 2.05) is 0 Å². The molecule has 0 saturated heterocycles. The van der Waals surface area contributed by atoms with E-state index in [0.29, 0.717) is 0 Å². The number of nitrogens with zero attached hydrogens (tertiary/aromatic N) is 2. The summed E-state index contributed by atoms with van der Waals surface area (Å²) < 4.78 is 6.18. The van der Waals surface area contributed by atoms with Crippen LogP contribution in [0.1, 0.15) is 0 Å². The summed E-state index contributed by atoms with van der Waals surface area (Å²) in [5.41, 5.74) is 0. The zero-order chi connectivity index (χ0) is 12.7. The minimum absolute atomic E-state index is 0.0310. The Hall–Kier alpha value is -2.31. The molecule has 1 unspecified atom stereocenters. The molecule has 7 nitrogen and oxygen atoms in total. The van der Waals surface area contributed by atoms with Gasteiger partial charge in [-0.05, 0) is 0 Å². The first-order chi connectivity index (χ1) is 8.13. The molecule has 0 saturated carbocycles. The number of carbonyl (C=O) groups is 2. The van der Waals surface area contributed by atoms with Crippen molar-refractivity contribution in [3.8, 4) is 0 Å². The van der Waals surface area contributed by atoms with Crippen molar-refractivity contribution >= 4 is 12.1 Å². The van der Waals surface area contributed by atoms with Gasteiger partial charge in [0.05, 0.1) is 12.9 Å². The van der Waals surface area contributed by atoms with Gasteiger partial charge in [0, 0.05) is 12.4 Å². The molecular formula is C10H13N3O4. The second-order valence-electron chi connectivity index (χ2n) is 3.18. The number of hydrogen-bond acceptors (Lipinski definition) is 4. The van der Waals surface area contributed by atoms with Crippen LogP contribution in [0.25, 0.3) is 0 Å². The van der Waals surface area contributed by atoms with Crippen LogP contribution >= 0.6 is 0 Å². The lowest BCUT2D eigenvalue weighted by molar-refractivity contribution is -0.139. The summed E-state index contributed by atoms with van der Waals surface area (Å²) in [7, 11) is 0. The predicted molar refractivity (Wildman–Crippen MR) is 58.3 cm³/mol. The quantitative estimate of drug-likeness (QED) is 0.694. The number of carboxylic acid groups (broad SMARTS) is 1. The SMILES string of the molecule is C=CCOC(=O)NC(Cn1ccnc1)C(=O)O. The number of hydrogen-bond donors (Lipinski definition) is 2. The predicted octanol–water partition coefficient (Wildman–Crippen LogP) is 0.249. The minimum Gasteiger partial charge on any atom is -0.480 e. The lowest BCUT2D eigenvalue weighted by Gasteiger charge is -2.14. The molecule has 0 aliphatic rings. The van der Waals surface area contributed by atoms with Gasteiger partial charge in [0.25, 0.3) is 0 Å². The summed E-state index contributed by atoms with van der Waals surface area (Å²) in [5, 5.41) is 11.2. The molecule has 1 atom stereocenters. The van der Waals surface area contributed by atoms with Gasteiger partial charge in [0.15, 0.2) is 0 Å². The molecule has 1 aromatic heterocycles. The molecule has 7 heteroatoms. The van der Waals surface area contributed by atoms with Crippen molar-refractivity contribution in [3.05, 3.63) is 31.4 Å². The summed E-state index contributed by atoms with van der Waals surface area (Å²) >= 11 is 0. The Morgan fingerprint density at radius 1 is 1.65 bits per heavy atom. The second kappa shape index (κ2) is 6.31. The molecule has 1 rings (SSSR count). The zero-order valence-corrected chi connectivity index (χ0v) is 9.07. The molecule has 0 aromatic carbocycles. The highest BCUT2D eigenvalue weighted by atomic mass is 16.5. The Balaban J connectivity index is 2.51. The van der Waals surface area contributed by atoms with Gasteiger partial charge in [-0.3, -0.25) is 0 Å². The fraction of sp³-hybridized carbons (Fsp3) is 0.300. The monoisotopic (exact) mass is 239 g/mol. The molecule has 1 amide bonds. The maximum absolute atomic E-state index is 11.2. The van der Waals surface area contributed by atoms with E-state index in [4.69, 9.17) is 5.11 Å². The molecule has 0 spiro atoms. The summed E-state index contributed by atoms with van der Waals surface area (Å²) in [6.45, 7) is 3.49. The summed E-state index contributed by atoms with van der Waals surface area (Å²) in [5.74, 6) is -1.14. The van der Waals surface area contributed by atoms with Crippen molar-refractivity contribution in [2.75, 3.05) is 6.61 Å². The van der Waals surface area contributed by atoms with Gasteiger partial charge in [0.1, 0.15) is 12.6 Å². The second-order valence-corrected chi connectivity index (χ2v) is 3.18. The standard InChI is InChI=1S/C10H13N3O4/c1-2-5-17-10(16)12-8(9(14)15)6-13-4-3-11-7-13/h2-4,7-8H,1,5-6H2,(H,12,16)(H,14,15). The first-order valence-electron chi connectivity index (χ1n) is 4.86. The van der Waals surface area contributed by atoms with E-state index in [2.05, 4.69) is 21.6 Å². The van der Waals surface area contributed by atoms with Crippen LogP contribution in [-0.2, 0) is 16.1 Å². The molecule has 0 aliphatic carbocycles. The maximum Gasteiger partial charge on any atom is 0.408 e. The molecule has 17 heavy (non-hydrogen) atoms. The lowest BCUT2D eigenvalue weighted by atomic mass is 10.3. The van der Waals surface area contributed by atoms with Crippen LogP contribution in [0, 0.1) is 0 Å². The Morgan fingerprint density at radius 2 is 2.41 bits per heavy atom. The van der Waals surface area contributed by atoms with E-state index in [0.717, 1.165) is 0 Å². The number of ether oxygens (including phenoxy) is 1. The van der Waals surface area contributed by atoms with Crippen molar-refractivity contribution < 1.29 is 19.4 Å². The normalized spacial score (nSPS) is 11.5. The van der Waals surface area contributed by atoms with Gasteiger partial charge in [-0.2, -0.15) is 0 Å². The summed E-state index contributed by atoms with van der Waals surface area (Å²) in [6, 6.07) is -1.07. The van der Waals surface area contributed by atoms with Gasteiger partial charge in [0.2, 0.25) is 0 Å². The third-order valence-electron chi connectivity index (χ3n) is 1.88. The topological polar surface area (TPSA) is 93.5 Å². The van der Waals surface area contributed by atoms with Gasteiger partial charge < -0.3 is 19.7 Å². The molecule has 0 aliphatic heterocycles. The van der Waals surface area contributed by atoms with E-state index in [-0.39, 0.29) is 13.2 Å². The first-order valence-corrected chi connectivity index (χ1v) is 4.86. The van der Waals surface area contributed by atoms with Crippen LogP contribution in [-0.4, -0.2) is 39.4 Å². The van der Waals surface area contributed by atoms with Crippen LogP contribution in [0.15, 0.2) is 31.4 Å². The van der Waals surface area contributed by atoms with Crippen LogP contribution in [0.3, 0.4) is 0 Å². The highest BCUT2D eigenvalue weighted by Crippen LogP contribution is 1.94. The number of carboxylic acids is 1. The average Bonchev–Trinajstić information content (AvgIpc) is 2.78. The number of imidazole rings is 1. The molecular weight excluding hydrogens is 226 g/mol. The van der Waals surface area contributed by atoms with Crippen molar-refractivity contribution in [3.63, 3.8) is 0 Å². The molecule has 0 radical (unpaired) electrons. The molecule has 1 aromatic rings. The molecule has 0 fully saturated rings.